The maximum Gasteiger partial charge on any atom is 0.200 e. The average Bonchev–Trinajstić information content (AvgIpc) is 1.87. The molecule has 0 aromatic heterocycles. The van der Waals surface area contributed by atoms with E-state index in [-0.39, 0.29) is 0 Å². The molecule has 4 nitrogen and oxygen atoms in total. The van der Waals surface area contributed by atoms with Crippen LogP contribution in [0.1, 0.15) is 0 Å². The zero-order chi connectivity index (χ0) is 7.82. The molecule has 0 fully saturated rings. The Balaban J connectivity index is 2.84. The molecule has 2 radical (unpaired) electrons. The maximum atomic E-state index is 10.1. The van der Waals surface area contributed by atoms with Gasteiger partial charge in [0.05, 0.1) is 13.2 Å². The number of amides is 1. The molecule has 0 saturated carbocycles. The molecule has 0 unspecified atom stereocenters. The third-order valence-corrected chi connectivity index (χ3v) is 0.808. The predicted octanol–water partition coefficient (Wildman–Crippen LogP) is -1.16. The van der Waals surface area contributed by atoms with Gasteiger partial charge in [0.15, 0.2) is 13.7 Å². The molecule has 0 aromatic carbocycles. The molecule has 0 rings (SSSR count). The summed E-state index contributed by atoms with van der Waals surface area (Å²) in [6.45, 7) is 1.91. The third-order valence-electron chi connectivity index (χ3n) is 0.808. The van der Waals surface area contributed by atoms with Crippen molar-refractivity contribution in [3.63, 3.8) is 0 Å². The number of rotatable bonds is 5. The van der Waals surface area contributed by atoms with Gasteiger partial charge in [-0.1, -0.05) is 0 Å². The summed E-state index contributed by atoms with van der Waals surface area (Å²) in [5.41, 5.74) is 5.13. The lowest BCUT2D eigenvalue weighted by atomic mass is 10.1. The van der Waals surface area contributed by atoms with Crippen molar-refractivity contribution in [3.8, 4) is 0 Å². The van der Waals surface area contributed by atoms with Crippen LogP contribution in [0, 0.1) is 0 Å². The molecule has 5 heteroatoms. The van der Waals surface area contributed by atoms with E-state index in [0.717, 1.165) is 0 Å². The lowest BCUT2D eigenvalue weighted by molar-refractivity contribution is 0.145. The van der Waals surface area contributed by atoms with Crippen LogP contribution in [0.3, 0.4) is 0 Å². The second-order valence-corrected chi connectivity index (χ2v) is 1.69. The van der Waals surface area contributed by atoms with Crippen molar-refractivity contribution >= 4 is 13.7 Å². The fourth-order valence-corrected chi connectivity index (χ4v) is 0.432. The molecule has 0 aliphatic rings. The number of carbonyl (C=O) groups excluding carboxylic acids is 1. The van der Waals surface area contributed by atoms with Crippen LogP contribution < -0.4 is 11.1 Å². The molecular weight excluding hydrogens is 131 g/mol. The summed E-state index contributed by atoms with van der Waals surface area (Å²) in [5, 5.41) is 2.38. The van der Waals surface area contributed by atoms with Gasteiger partial charge in [0, 0.05) is 13.1 Å². The molecule has 3 N–H and O–H groups in total. The fourth-order valence-electron chi connectivity index (χ4n) is 0.432. The molecule has 0 aromatic rings. The molecule has 0 aliphatic carbocycles. The molecule has 1 amide bonds. The Morgan fingerprint density at radius 2 is 2.30 bits per heavy atom. The van der Waals surface area contributed by atoms with Gasteiger partial charge in [0.25, 0.3) is 0 Å². The SMILES string of the molecule is [B]C(=O)NCCOCCN. The molecule has 0 saturated heterocycles. The summed E-state index contributed by atoms with van der Waals surface area (Å²) in [6, 6.07) is 0. The number of carbonyl (C=O) groups is 1. The van der Waals surface area contributed by atoms with E-state index < -0.39 is 5.81 Å². The fraction of sp³-hybridized carbons (Fsp3) is 0.800. The third kappa shape index (κ3) is 7.45. The van der Waals surface area contributed by atoms with Gasteiger partial charge in [-0.3, -0.25) is 4.79 Å². The number of hydrogen-bond donors (Lipinski definition) is 2. The lowest BCUT2D eigenvalue weighted by Crippen LogP contribution is -2.26. The Kier molecular flexibility index (Phi) is 6.21. The Morgan fingerprint density at radius 1 is 1.60 bits per heavy atom. The highest BCUT2D eigenvalue weighted by atomic mass is 16.5. The van der Waals surface area contributed by atoms with Crippen molar-refractivity contribution in [1.82, 2.24) is 5.32 Å². The molecule has 0 heterocycles. The van der Waals surface area contributed by atoms with Crippen LogP contribution in [-0.4, -0.2) is 40.0 Å². The number of nitrogens with two attached hydrogens (primary N) is 1. The Hall–Kier alpha value is -0.545. The van der Waals surface area contributed by atoms with E-state index in [2.05, 4.69) is 5.32 Å². The summed E-state index contributed by atoms with van der Waals surface area (Å²) in [4.78, 5) is 10.1. The quantitative estimate of drug-likeness (QED) is 0.375. The van der Waals surface area contributed by atoms with E-state index in [4.69, 9.17) is 18.3 Å². The molecular formula is C5H11BN2O2. The Morgan fingerprint density at radius 3 is 2.80 bits per heavy atom. The largest absolute Gasteiger partial charge is 0.378 e. The zero-order valence-electron chi connectivity index (χ0n) is 5.80. The Labute approximate surface area is 61.5 Å². The van der Waals surface area contributed by atoms with Gasteiger partial charge in [-0.15, -0.1) is 0 Å². The van der Waals surface area contributed by atoms with Crippen LogP contribution in [-0.2, 0) is 4.74 Å². The number of hydrogen-bond acceptors (Lipinski definition) is 3. The number of nitrogens with one attached hydrogen (secondary N) is 1. The van der Waals surface area contributed by atoms with Gasteiger partial charge in [0.1, 0.15) is 0 Å². The summed E-state index contributed by atoms with van der Waals surface area (Å²) in [7, 11) is 4.78. The molecule has 56 valence electrons. The first-order valence-corrected chi connectivity index (χ1v) is 3.08. The van der Waals surface area contributed by atoms with Crippen molar-refractivity contribution in [2.24, 2.45) is 5.73 Å². The van der Waals surface area contributed by atoms with Gasteiger partial charge in [-0.05, 0) is 0 Å². The van der Waals surface area contributed by atoms with Gasteiger partial charge in [-0.2, -0.15) is 0 Å². The van der Waals surface area contributed by atoms with Gasteiger partial charge < -0.3 is 15.8 Å². The minimum atomic E-state index is -0.531. The van der Waals surface area contributed by atoms with E-state index in [1.807, 2.05) is 0 Å². The molecule has 10 heavy (non-hydrogen) atoms. The lowest BCUT2D eigenvalue weighted by Gasteiger charge is -2.02. The van der Waals surface area contributed by atoms with E-state index in [1.165, 1.54) is 0 Å². The van der Waals surface area contributed by atoms with E-state index >= 15 is 0 Å². The van der Waals surface area contributed by atoms with Crippen molar-refractivity contribution in [2.45, 2.75) is 0 Å². The second kappa shape index (κ2) is 6.57. The first-order valence-electron chi connectivity index (χ1n) is 3.08. The highest BCUT2D eigenvalue weighted by Crippen LogP contribution is 1.69. The highest BCUT2D eigenvalue weighted by molar-refractivity contribution is 6.57. The van der Waals surface area contributed by atoms with Gasteiger partial charge in [0.2, 0.25) is 0 Å². The second-order valence-electron chi connectivity index (χ2n) is 1.69. The first kappa shape index (κ1) is 9.45. The van der Waals surface area contributed by atoms with Crippen molar-refractivity contribution < 1.29 is 9.53 Å². The number of ether oxygens (including phenoxy) is 1. The van der Waals surface area contributed by atoms with Gasteiger partial charge >= 0.3 is 0 Å². The average molecular weight is 142 g/mol. The minimum Gasteiger partial charge on any atom is -0.378 e. The molecule has 0 aliphatic heterocycles. The van der Waals surface area contributed by atoms with Crippen molar-refractivity contribution in [1.29, 1.82) is 0 Å². The van der Waals surface area contributed by atoms with Crippen LogP contribution in [0.5, 0.6) is 0 Å². The van der Waals surface area contributed by atoms with E-state index in [0.29, 0.717) is 26.3 Å². The highest BCUT2D eigenvalue weighted by Gasteiger charge is 1.88. The van der Waals surface area contributed by atoms with Crippen LogP contribution in [0.4, 0.5) is 4.79 Å². The van der Waals surface area contributed by atoms with E-state index in [1.54, 1.807) is 0 Å². The van der Waals surface area contributed by atoms with E-state index in [9.17, 15) is 4.79 Å². The summed E-state index contributed by atoms with van der Waals surface area (Å²) < 4.78 is 4.94. The summed E-state index contributed by atoms with van der Waals surface area (Å²) >= 11 is 0. The first-order chi connectivity index (χ1) is 4.77. The smallest absolute Gasteiger partial charge is 0.200 e. The Bertz CT molecular complexity index is 99.6. The normalized spacial score (nSPS) is 9.30. The van der Waals surface area contributed by atoms with Crippen LogP contribution in [0.2, 0.25) is 0 Å². The van der Waals surface area contributed by atoms with Gasteiger partial charge in [-0.25, -0.2) is 0 Å². The van der Waals surface area contributed by atoms with Crippen molar-refractivity contribution in [2.75, 3.05) is 26.3 Å². The predicted molar refractivity (Wildman–Crippen MR) is 39.0 cm³/mol. The maximum absolute atomic E-state index is 10.1. The summed E-state index contributed by atoms with van der Waals surface area (Å²) in [5.74, 6) is -0.531. The monoisotopic (exact) mass is 142 g/mol. The molecule has 0 atom stereocenters. The summed E-state index contributed by atoms with van der Waals surface area (Å²) in [6.07, 6.45) is 0. The zero-order valence-corrected chi connectivity index (χ0v) is 5.80. The van der Waals surface area contributed by atoms with Crippen LogP contribution >= 0.6 is 0 Å². The standard InChI is InChI=1S/C5H11BN2O2/c6-5(9)8-2-4-10-3-1-7/h1-4,7H2,(H,8,9). The van der Waals surface area contributed by atoms with Crippen LogP contribution in [0.15, 0.2) is 0 Å². The minimum absolute atomic E-state index is 0.440. The van der Waals surface area contributed by atoms with Crippen LogP contribution in [0.25, 0.3) is 0 Å². The van der Waals surface area contributed by atoms with Crippen molar-refractivity contribution in [3.05, 3.63) is 0 Å². The molecule has 0 bridgehead atoms. The topological polar surface area (TPSA) is 64.3 Å². The molecule has 0 spiro atoms.